The second kappa shape index (κ2) is 5.05. The number of aromatic nitrogens is 1. The number of halogens is 1. The number of carbonyl (C=O) groups excluding carboxylic acids is 1. The van der Waals surface area contributed by atoms with Gasteiger partial charge in [-0.15, -0.1) is 11.3 Å². The highest BCUT2D eigenvalue weighted by atomic mass is 32.1. The van der Waals surface area contributed by atoms with Crippen molar-refractivity contribution in [3.8, 4) is 0 Å². The quantitative estimate of drug-likeness (QED) is 0.850. The van der Waals surface area contributed by atoms with Gasteiger partial charge in [0, 0.05) is 27.6 Å². The first-order chi connectivity index (χ1) is 8.15. The molecule has 1 N–H and O–H groups in total. The van der Waals surface area contributed by atoms with E-state index >= 15 is 0 Å². The van der Waals surface area contributed by atoms with Gasteiger partial charge in [0.2, 0.25) is 5.95 Å². The fraction of sp³-hybridized carbons (Fsp3) is 0.167. The third-order valence-corrected chi connectivity index (χ3v) is 3.21. The second-order valence-corrected chi connectivity index (χ2v) is 4.93. The average molecular weight is 250 g/mol. The van der Waals surface area contributed by atoms with Crippen LogP contribution in [-0.2, 0) is 6.54 Å². The third kappa shape index (κ3) is 3.10. The number of pyridine rings is 1. The summed E-state index contributed by atoms with van der Waals surface area (Å²) in [6, 6.07) is 6.57. The number of amides is 1. The molecule has 0 aliphatic carbocycles. The molecule has 0 radical (unpaired) electrons. The van der Waals surface area contributed by atoms with Crippen LogP contribution in [0.5, 0.6) is 0 Å². The fourth-order valence-electron chi connectivity index (χ4n) is 1.39. The lowest BCUT2D eigenvalue weighted by Crippen LogP contribution is -2.22. The van der Waals surface area contributed by atoms with Gasteiger partial charge in [-0.25, -0.2) is 4.98 Å². The Bertz CT molecular complexity index is 539. The van der Waals surface area contributed by atoms with Gasteiger partial charge in [0.1, 0.15) is 0 Å². The Morgan fingerprint density at radius 1 is 1.47 bits per heavy atom. The van der Waals surface area contributed by atoms with E-state index in [4.69, 9.17) is 0 Å². The summed E-state index contributed by atoms with van der Waals surface area (Å²) < 4.78 is 12.8. The van der Waals surface area contributed by atoms with Crippen LogP contribution in [0, 0.1) is 12.9 Å². The smallest absolute Gasteiger partial charge is 0.251 e. The molecule has 0 aliphatic heterocycles. The van der Waals surface area contributed by atoms with Gasteiger partial charge < -0.3 is 5.32 Å². The van der Waals surface area contributed by atoms with Gasteiger partial charge in [0.25, 0.3) is 5.91 Å². The monoisotopic (exact) mass is 250 g/mol. The summed E-state index contributed by atoms with van der Waals surface area (Å²) in [5, 5.41) is 2.73. The predicted octanol–water partition coefficient (Wildman–Crippen LogP) is 2.52. The van der Waals surface area contributed by atoms with Crippen molar-refractivity contribution in [3.63, 3.8) is 0 Å². The number of hydrogen-bond donors (Lipinski definition) is 1. The molecule has 0 fully saturated rings. The Hall–Kier alpha value is -1.75. The fourth-order valence-corrected chi connectivity index (χ4v) is 2.22. The lowest BCUT2D eigenvalue weighted by atomic mass is 10.2. The van der Waals surface area contributed by atoms with Crippen molar-refractivity contribution in [3.05, 3.63) is 51.7 Å². The first-order valence-corrected chi connectivity index (χ1v) is 5.92. The Kier molecular flexibility index (Phi) is 3.49. The minimum absolute atomic E-state index is 0.283. The van der Waals surface area contributed by atoms with Crippen molar-refractivity contribution in [2.24, 2.45) is 0 Å². The zero-order chi connectivity index (χ0) is 12.3. The van der Waals surface area contributed by atoms with E-state index in [1.165, 1.54) is 17.1 Å². The number of thiophene rings is 1. The van der Waals surface area contributed by atoms with Crippen LogP contribution in [0.2, 0.25) is 0 Å². The van der Waals surface area contributed by atoms with E-state index in [1.54, 1.807) is 11.3 Å². The van der Waals surface area contributed by atoms with Crippen LogP contribution in [0.15, 0.2) is 30.5 Å². The number of carbonyl (C=O) groups is 1. The topological polar surface area (TPSA) is 42.0 Å². The van der Waals surface area contributed by atoms with Crippen LogP contribution >= 0.6 is 11.3 Å². The summed E-state index contributed by atoms with van der Waals surface area (Å²) >= 11 is 1.63. The number of nitrogens with zero attached hydrogens (tertiary/aromatic N) is 1. The lowest BCUT2D eigenvalue weighted by Gasteiger charge is -2.03. The molecule has 2 heterocycles. The van der Waals surface area contributed by atoms with Gasteiger partial charge >= 0.3 is 0 Å². The number of rotatable bonds is 3. The minimum atomic E-state index is -0.649. The molecule has 0 aliphatic rings. The molecule has 0 saturated heterocycles. The molecule has 0 aromatic carbocycles. The van der Waals surface area contributed by atoms with Crippen LogP contribution < -0.4 is 5.32 Å². The van der Waals surface area contributed by atoms with Crippen LogP contribution in [-0.4, -0.2) is 10.9 Å². The van der Waals surface area contributed by atoms with Crippen molar-refractivity contribution in [2.75, 3.05) is 0 Å². The molecule has 2 rings (SSSR count). The number of nitrogens with one attached hydrogen (secondary N) is 1. The molecule has 0 atom stereocenters. The highest BCUT2D eigenvalue weighted by molar-refractivity contribution is 7.11. The normalized spacial score (nSPS) is 10.2. The third-order valence-electron chi connectivity index (χ3n) is 2.21. The van der Waals surface area contributed by atoms with E-state index < -0.39 is 5.95 Å². The highest BCUT2D eigenvalue weighted by Crippen LogP contribution is 2.14. The lowest BCUT2D eigenvalue weighted by molar-refractivity contribution is 0.0950. The van der Waals surface area contributed by atoms with Gasteiger partial charge in [-0.1, -0.05) is 0 Å². The molecule has 0 unspecified atom stereocenters. The molecule has 2 aromatic heterocycles. The van der Waals surface area contributed by atoms with E-state index in [-0.39, 0.29) is 11.5 Å². The molecule has 0 spiro atoms. The molecule has 3 nitrogen and oxygen atoms in total. The Labute approximate surface area is 102 Å². The van der Waals surface area contributed by atoms with E-state index in [0.717, 1.165) is 10.9 Å². The number of aryl methyl sites for hydroxylation is 1. The molecular formula is C12H11FN2OS. The molecule has 17 heavy (non-hydrogen) atoms. The zero-order valence-electron chi connectivity index (χ0n) is 9.24. The molecule has 0 bridgehead atoms. The summed E-state index contributed by atoms with van der Waals surface area (Å²) in [7, 11) is 0. The molecule has 5 heteroatoms. The van der Waals surface area contributed by atoms with E-state index in [9.17, 15) is 9.18 Å². The van der Waals surface area contributed by atoms with Gasteiger partial charge in [0.15, 0.2) is 0 Å². The minimum Gasteiger partial charge on any atom is -0.347 e. The average Bonchev–Trinajstić information content (AvgIpc) is 2.72. The summed E-state index contributed by atoms with van der Waals surface area (Å²) in [5.41, 5.74) is 0.283. The van der Waals surface area contributed by atoms with E-state index in [1.807, 2.05) is 19.1 Å². The second-order valence-electron chi connectivity index (χ2n) is 3.56. The van der Waals surface area contributed by atoms with Gasteiger partial charge in [-0.2, -0.15) is 4.39 Å². The molecular weight excluding hydrogens is 239 g/mol. The zero-order valence-corrected chi connectivity index (χ0v) is 10.1. The Morgan fingerprint density at radius 2 is 2.29 bits per heavy atom. The summed E-state index contributed by atoms with van der Waals surface area (Å²) in [6.45, 7) is 2.47. The molecule has 1 amide bonds. The first kappa shape index (κ1) is 11.7. The molecule has 88 valence electrons. The van der Waals surface area contributed by atoms with Crippen LogP contribution in [0.4, 0.5) is 4.39 Å². The van der Waals surface area contributed by atoms with E-state index in [2.05, 4.69) is 10.3 Å². The van der Waals surface area contributed by atoms with Crippen molar-refractivity contribution in [1.82, 2.24) is 10.3 Å². The van der Waals surface area contributed by atoms with E-state index in [0.29, 0.717) is 6.54 Å². The maximum absolute atomic E-state index is 12.8. The van der Waals surface area contributed by atoms with Crippen LogP contribution in [0.1, 0.15) is 20.1 Å². The van der Waals surface area contributed by atoms with Crippen LogP contribution in [0.25, 0.3) is 0 Å². The maximum Gasteiger partial charge on any atom is 0.251 e. The first-order valence-electron chi connectivity index (χ1n) is 5.10. The summed E-state index contributed by atoms with van der Waals surface area (Å²) in [4.78, 5) is 17.3. The summed E-state index contributed by atoms with van der Waals surface area (Å²) in [6.07, 6.45) is 1.28. The Balaban J connectivity index is 1.98. The van der Waals surface area contributed by atoms with Crippen LogP contribution in [0.3, 0.4) is 0 Å². The highest BCUT2D eigenvalue weighted by Gasteiger charge is 2.07. The standard InChI is InChI=1S/C12H11FN2OS/c1-8-2-3-10(17-8)7-15-12(16)9-4-5-14-11(13)6-9/h2-6H,7H2,1H3,(H,15,16). The van der Waals surface area contributed by atoms with Crippen molar-refractivity contribution >= 4 is 17.2 Å². The molecule has 2 aromatic rings. The van der Waals surface area contributed by atoms with Crippen molar-refractivity contribution in [1.29, 1.82) is 0 Å². The van der Waals surface area contributed by atoms with Crippen molar-refractivity contribution < 1.29 is 9.18 Å². The largest absolute Gasteiger partial charge is 0.347 e. The van der Waals surface area contributed by atoms with Gasteiger partial charge in [-0.3, -0.25) is 4.79 Å². The van der Waals surface area contributed by atoms with Gasteiger partial charge in [-0.05, 0) is 25.1 Å². The maximum atomic E-state index is 12.8. The van der Waals surface area contributed by atoms with Gasteiger partial charge in [0.05, 0.1) is 6.54 Å². The number of hydrogen-bond acceptors (Lipinski definition) is 3. The van der Waals surface area contributed by atoms with Crippen molar-refractivity contribution in [2.45, 2.75) is 13.5 Å². The SMILES string of the molecule is Cc1ccc(CNC(=O)c2ccnc(F)c2)s1. The summed E-state index contributed by atoms with van der Waals surface area (Å²) in [5.74, 6) is -0.943. The molecule has 0 saturated carbocycles. The predicted molar refractivity (Wildman–Crippen MR) is 64.4 cm³/mol. The Morgan fingerprint density at radius 3 is 2.94 bits per heavy atom.